The molecular formula is C6H12ClNO2. The van der Waals surface area contributed by atoms with E-state index in [1.807, 2.05) is 0 Å². The number of methoxy groups -OCH3 is 1. The lowest BCUT2D eigenvalue weighted by Gasteiger charge is -1.95. The Balaban J connectivity index is 0. The molecule has 0 aromatic carbocycles. The van der Waals surface area contributed by atoms with Crippen LogP contribution >= 0.6 is 12.4 Å². The molecule has 4 heteroatoms. The number of esters is 1. The fraction of sp³-hybridized carbons (Fsp3) is 0.500. The van der Waals surface area contributed by atoms with Crippen LogP contribution in [-0.2, 0) is 9.53 Å². The largest absolute Gasteiger partial charge is 0.466 e. The van der Waals surface area contributed by atoms with Crippen molar-refractivity contribution in [2.75, 3.05) is 13.7 Å². The summed E-state index contributed by atoms with van der Waals surface area (Å²) in [5.41, 5.74) is 5.69. The number of carbonyl (C=O) groups is 1. The van der Waals surface area contributed by atoms with Gasteiger partial charge in [-0.3, -0.25) is 0 Å². The molecule has 0 unspecified atom stereocenters. The van der Waals surface area contributed by atoms with Gasteiger partial charge in [0.2, 0.25) is 0 Å². The Morgan fingerprint density at radius 1 is 1.70 bits per heavy atom. The normalized spacial score (nSPS) is 10.1. The van der Waals surface area contributed by atoms with Gasteiger partial charge in [-0.2, -0.15) is 0 Å². The highest BCUT2D eigenvalue weighted by Crippen LogP contribution is 1.92. The van der Waals surface area contributed by atoms with Crippen molar-refractivity contribution in [2.45, 2.75) is 6.92 Å². The zero-order valence-corrected chi connectivity index (χ0v) is 6.90. The fourth-order valence-electron chi connectivity index (χ4n) is 0.421. The Hall–Kier alpha value is -0.540. The number of nitrogens with two attached hydrogens (primary N) is 1. The molecule has 0 aliphatic rings. The van der Waals surface area contributed by atoms with Crippen LogP contribution in [0.2, 0.25) is 0 Å². The maximum absolute atomic E-state index is 10.6. The van der Waals surface area contributed by atoms with Gasteiger partial charge in [-0.1, -0.05) is 6.08 Å². The van der Waals surface area contributed by atoms with Crippen molar-refractivity contribution >= 4 is 18.4 Å². The Bertz CT molecular complexity index is 134. The van der Waals surface area contributed by atoms with E-state index < -0.39 is 0 Å². The molecule has 0 bridgehead atoms. The number of ether oxygens (including phenoxy) is 1. The van der Waals surface area contributed by atoms with Crippen LogP contribution in [-0.4, -0.2) is 19.6 Å². The number of rotatable bonds is 2. The summed E-state index contributed by atoms with van der Waals surface area (Å²) < 4.78 is 4.40. The third kappa shape index (κ3) is 4.35. The number of hydrogen-bond acceptors (Lipinski definition) is 3. The summed E-state index contributed by atoms with van der Waals surface area (Å²) in [5, 5.41) is 0. The summed E-state index contributed by atoms with van der Waals surface area (Å²) in [4.78, 5) is 10.6. The van der Waals surface area contributed by atoms with E-state index in [4.69, 9.17) is 5.73 Å². The molecule has 60 valence electrons. The van der Waals surface area contributed by atoms with Gasteiger partial charge in [0.05, 0.1) is 7.11 Å². The second-order valence-electron chi connectivity index (χ2n) is 1.61. The molecular weight excluding hydrogens is 154 g/mol. The molecule has 0 aromatic rings. The van der Waals surface area contributed by atoms with Crippen LogP contribution < -0.4 is 5.73 Å². The maximum atomic E-state index is 10.6. The predicted molar refractivity (Wildman–Crippen MR) is 42.1 cm³/mol. The molecule has 0 amide bonds. The first-order chi connectivity index (χ1) is 4.22. The van der Waals surface area contributed by atoms with Gasteiger partial charge in [0, 0.05) is 12.1 Å². The zero-order valence-electron chi connectivity index (χ0n) is 6.09. The van der Waals surface area contributed by atoms with Crippen LogP contribution in [0.4, 0.5) is 0 Å². The highest BCUT2D eigenvalue weighted by molar-refractivity contribution is 5.87. The first-order valence-corrected chi connectivity index (χ1v) is 2.67. The average Bonchev–Trinajstić information content (AvgIpc) is 1.87. The molecule has 0 aromatic heterocycles. The Morgan fingerprint density at radius 2 is 2.20 bits per heavy atom. The van der Waals surface area contributed by atoms with E-state index in [0.717, 1.165) is 0 Å². The van der Waals surface area contributed by atoms with Gasteiger partial charge in [-0.05, 0) is 6.92 Å². The lowest BCUT2D eigenvalue weighted by Crippen LogP contribution is -2.04. The Labute approximate surface area is 66.6 Å². The molecule has 0 rings (SSSR count). The molecule has 0 radical (unpaired) electrons. The number of hydrogen-bond donors (Lipinski definition) is 1. The van der Waals surface area contributed by atoms with Crippen LogP contribution in [0.3, 0.4) is 0 Å². The van der Waals surface area contributed by atoms with Crippen molar-refractivity contribution in [3.05, 3.63) is 11.6 Å². The van der Waals surface area contributed by atoms with Gasteiger partial charge >= 0.3 is 5.97 Å². The van der Waals surface area contributed by atoms with Gasteiger partial charge in [-0.15, -0.1) is 12.4 Å². The first-order valence-electron chi connectivity index (χ1n) is 2.67. The summed E-state index contributed by atoms with van der Waals surface area (Å²) in [6.07, 6.45) is 1.62. The molecule has 0 atom stereocenters. The molecule has 3 nitrogen and oxygen atoms in total. The molecule has 0 aliphatic heterocycles. The second-order valence-corrected chi connectivity index (χ2v) is 1.61. The molecule has 0 spiro atoms. The number of halogens is 1. The summed E-state index contributed by atoms with van der Waals surface area (Å²) >= 11 is 0. The van der Waals surface area contributed by atoms with Crippen LogP contribution in [0.5, 0.6) is 0 Å². The van der Waals surface area contributed by atoms with E-state index in [1.165, 1.54) is 7.11 Å². The Morgan fingerprint density at radius 3 is 2.50 bits per heavy atom. The van der Waals surface area contributed by atoms with Crippen molar-refractivity contribution in [3.8, 4) is 0 Å². The zero-order chi connectivity index (χ0) is 7.28. The minimum absolute atomic E-state index is 0. The summed E-state index contributed by atoms with van der Waals surface area (Å²) in [5.74, 6) is -0.319. The van der Waals surface area contributed by atoms with Crippen LogP contribution in [0, 0.1) is 0 Å². The predicted octanol–water partition coefficient (Wildman–Crippen LogP) is 0.486. The lowest BCUT2D eigenvalue weighted by molar-refractivity contribution is -0.136. The summed E-state index contributed by atoms with van der Waals surface area (Å²) in [6.45, 7) is 2.04. The van der Waals surface area contributed by atoms with Gasteiger partial charge < -0.3 is 10.5 Å². The third-order valence-corrected chi connectivity index (χ3v) is 0.931. The van der Waals surface area contributed by atoms with Crippen molar-refractivity contribution in [2.24, 2.45) is 5.73 Å². The van der Waals surface area contributed by atoms with Crippen molar-refractivity contribution < 1.29 is 9.53 Å². The van der Waals surface area contributed by atoms with Gasteiger partial charge in [-0.25, -0.2) is 4.79 Å². The van der Waals surface area contributed by atoms with E-state index >= 15 is 0 Å². The maximum Gasteiger partial charge on any atom is 0.333 e. The fourth-order valence-corrected chi connectivity index (χ4v) is 0.421. The molecule has 10 heavy (non-hydrogen) atoms. The summed E-state index contributed by atoms with van der Waals surface area (Å²) in [6, 6.07) is 0. The highest BCUT2D eigenvalue weighted by atomic mass is 35.5. The molecule has 0 fully saturated rings. The van der Waals surface area contributed by atoms with Gasteiger partial charge in [0.25, 0.3) is 0 Å². The minimum atomic E-state index is -0.319. The quantitative estimate of drug-likeness (QED) is 0.479. The molecule has 0 saturated heterocycles. The minimum Gasteiger partial charge on any atom is -0.466 e. The van der Waals surface area contributed by atoms with E-state index in [2.05, 4.69) is 4.74 Å². The van der Waals surface area contributed by atoms with Crippen molar-refractivity contribution in [1.82, 2.24) is 0 Å². The van der Waals surface area contributed by atoms with Gasteiger partial charge in [0.15, 0.2) is 0 Å². The average molecular weight is 166 g/mol. The van der Waals surface area contributed by atoms with E-state index in [0.29, 0.717) is 12.1 Å². The molecule has 2 N–H and O–H groups in total. The highest BCUT2D eigenvalue weighted by Gasteiger charge is 1.99. The van der Waals surface area contributed by atoms with Crippen LogP contribution in [0.1, 0.15) is 6.92 Å². The smallest absolute Gasteiger partial charge is 0.333 e. The standard InChI is InChI=1S/C6H11NO2.ClH/c1-5(3-4-7)6(8)9-2;/h3H,4,7H2,1-2H3;1H/b5-3+;. The van der Waals surface area contributed by atoms with Crippen molar-refractivity contribution in [3.63, 3.8) is 0 Å². The van der Waals surface area contributed by atoms with Crippen LogP contribution in [0.25, 0.3) is 0 Å². The summed E-state index contributed by atoms with van der Waals surface area (Å²) in [7, 11) is 1.34. The SMILES string of the molecule is COC(=O)/C(C)=C/CN.Cl. The Kier molecular flexibility index (Phi) is 8.00. The second kappa shape index (κ2) is 6.58. The van der Waals surface area contributed by atoms with Crippen molar-refractivity contribution in [1.29, 1.82) is 0 Å². The molecule has 0 saturated carbocycles. The lowest BCUT2D eigenvalue weighted by atomic mass is 10.3. The van der Waals surface area contributed by atoms with E-state index in [9.17, 15) is 4.79 Å². The topological polar surface area (TPSA) is 52.3 Å². The van der Waals surface area contributed by atoms with E-state index in [1.54, 1.807) is 13.0 Å². The third-order valence-electron chi connectivity index (χ3n) is 0.931. The first kappa shape index (κ1) is 12.2. The molecule has 0 aliphatic carbocycles. The number of carbonyl (C=O) groups excluding carboxylic acids is 1. The van der Waals surface area contributed by atoms with E-state index in [-0.39, 0.29) is 18.4 Å². The van der Waals surface area contributed by atoms with Gasteiger partial charge in [0.1, 0.15) is 0 Å². The van der Waals surface area contributed by atoms with Crippen LogP contribution in [0.15, 0.2) is 11.6 Å². The molecule has 0 heterocycles. The monoisotopic (exact) mass is 165 g/mol.